The lowest BCUT2D eigenvalue weighted by atomic mass is 10.0. The number of amides is 2. The van der Waals surface area contributed by atoms with Crippen LogP contribution in [0.5, 0.6) is 0 Å². The summed E-state index contributed by atoms with van der Waals surface area (Å²) in [7, 11) is 0. The summed E-state index contributed by atoms with van der Waals surface area (Å²) in [6.45, 7) is 13.7. The number of urea groups is 1. The highest BCUT2D eigenvalue weighted by molar-refractivity contribution is 6.29. The third-order valence-electron chi connectivity index (χ3n) is 7.09. The average Bonchev–Trinajstić information content (AvgIpc) is 3.00. The number of nitrogens with zero attached hydrogens (tertiary/aromatic N) is 5. The zero-order valence-corrected chi connectivity index (χ0v) is 27.2. The van der Waals surface area contributed by atoms with Gasteiger partial charge in [-0.15, -0.1) is 0 Å². The lowest BCUT2D eigenvalue weighted by Gasteiger charge is -2.38. The molecule has 1 unspecified atom stereocenters. The highest BCUT2D eigenvalue weighted by Crippen LogP contribution is 2.29. The molecule has 2 aliphatic carbocycles. The molecule has 0 radical (unpaired) electrons. The number of aliphatic imine (C=N–C) groups is 3. The molecule has 1 aliphatic heterocycles. The lowest BCUT2D eigenvalue weighted by molar-refractivity contribution is 0.207. The van der Waals surface area contributed by atoms with E-state index in [-0.39, 0.29) is 65.8 Å². The number of guanidine groups is 1. The molecule has 1 heterocycles. The second-order valence-electron chi connectivity index (χ2n) is 10.5. The summed E-state index contributed by atoms with van der Waals surface area (Å²) >= 11 is 6.31. The van der Waals surface area contributed by atoms with Crippen molar-refractivity contribution in [3.8, 4) is 0 Å². The first kappa shape index (κ1) is 35.2. The summed E-state index contributed by atoms with van der Waals surface area (Å²) in [5, 5.41) is 14.3. The smallest absolute Gasteiger partial charge is 0.352 e. The second-order valence-corrected chi connectivity index (χ2v) is 11.0. The Labute approximate surface area is 269 Å². The summed E-state index contributed by atoms with van der Waals surface area (Å²) in [4.78, 5) is 29.7. The minimum Gasteiger partial charge on any atom is -0.506 e. The van der Waals surface area contributed by atoms with E-state index >= 15 is 4.39 Å². The van der Waals surface area contributed by atoms with E-state index in [4.69, 9.17) is 11.6 Å². The molecule has 0 bridgehead atoms. The van der Waals surface area contributed by atoms with E-state index in [2.05, 4.69) is 26.9 Å². The topological polar surface area (TPSA) is 92.9 Å². The van der Waals surface area contributed by atoms with Gasteiger partial charge in [0.25, 0.3) is 0 Å². The van der Waals surface area contributed by atoms with Gasteiger partial charge in [-0.2, -0.15) is 4.99 Å². The summed E-state index contributed by atoms with van der Waals surface area (Å²) in [6.07, 6.45) is 16.2. The molecular formula is C34H41ClF2N6O2. The Balaban J connectivity index is 2.08. The average molecular weight is 639 g/mol. The highest BCUT2D eigenvalue weighted by Gasteiger charge is 2.33. The van der Waals surface area contributed by atoms with Crippen molar-refractivity contribution in [3.05, 3.63) is 106 Å². The number of nitrogens with one attached hydrogen (secondary N) is 1. The number of carbonyl (C=O) groups is 1. The van der Waals surface area contributed by atoms with Crippen molar-refractivity contribution in [2.24, 2.45) is 15.0 Å². The number of aliphatic hydroxyl groups excluding tert-OH is 1. The monoisotopic (exact) mass is 638 g/mol. The van der Waals surface area contributed by atoms with Crippen LogP contribution in [0.3, 0.4) is 0 Å². The van der Waals surface area contributed by atoms with Crippen LogP contribution in [-0.2, 0) is 0 Å². The van der Waals surface area contributed by atoms with Gasteiger partial charge in [-0.3, -0.25) is 19.8 Å². The van der Waals surface area contributed by atoms with Gasteiger partial charge in [-0.25, -0.2) is 13.6 Å². The van der Waals surface area contributed by atoms with Crippen molar-refractivity contribution in [1.29, 1.82) is 0 Å². The molecule has 0 fully saturated rings. The van der Waals surface area contributed by atoms with E-state index in [0.717, 1.165) is 18.1 Å². The van der Waals surface area contributed by atoms with Gasteiger partial charge < -0.3 is 10.4 Å². The first-order chi connectivity index (χ1) is 21.5. The lowest BCUT2D eigenvalue weighted by Crippen LogP contribution is -2.52. The Kier molecular flexibility index (Phi) is 13.0. The Bertz CT molecular complexity index is 1520. The molecule has 240 valence electrons. The Morgan fingerprint density at radius 3 is 2.62 bits per heavy atom. The van der Waals surface area contributed by atoms with Crippen molar-refractivity contribution in [2.75, 3.05) is 13.1 Å². The molecule has 2 amide bonds. The van der Waals surface area contributed by atoms with Crippen molar-refractivity contribution >= 4 is 35.5 Å². The quantitative estimate of drug-likeness (QED) is 0.234. The highest BCUT2D eigenvalue weighted by atomic mass is 35.5. The zero-order chi connectivity index (χ0) is 33.1. The molecule has 0 aromatic rings. The Morgan fingerprint density at radius 2 is 1.96 bits per heavy atom. The molecule has 8 nitrogen and oxygen atoms in total. The standard InChI is InChI=1S/C34H41ClF2N6O2/c1-7-11-15-38-28(12-8-2)21-43-23(6)42(20-25-16-26(35)13-14-27(36)18-29(25)37)33(41-34(43)45)40-31-17-24(10-4)30(19-32(31)44)39-22(5)9-3/h7,10-12,15-19,22,44H,6,8-9,13-14,20-21H2,1-5H3,(H,40,41,45)/b11-7-,24-10-,26-16+,27-18+,28-12+,29-25-,38-15-,39-30-. The molecule has 3 rings (SSSR count). The van der Waals surface area contributed by atoms with Crippen LogP contribution in [-0.4, -0.2) is 58.0 Å². The van der Waals surface area contributed by atoms with Crippen LogP contribution >= 0.6 is 11.6 Å². The van der Waals surface area contributed by atoms with Crippen LogP contribution in [0, 0.1) is 0 Å². The van der Waals surface area contributed by atoms with Crippen LogP contribution in [0.15, 0.2) is 121 Å². The van der Waals surface area contributed by atoms with Crippen LogP contribution in [0.1, 0.15) is 60.3 Å². The molecule has 0 aromatic heterocycles. The van der Waals surface area contributed by atoms with Crippen LogP contribution in [0.2, 0.25) is 0 Å². The molecule has 0 saturated carbocycles. The maximum atomic E-state index is 15.3. The van der Waals surface area contributed by atoms with Crippen molar-refractivity contribution in [2.45, 2.75) is 66.3 Å². The number of halogens is 3. The molecule has 0 saturated heterocycles. The molecular weight excluding hydrogens is 598 g/mol. The van der Waals surface area contributed by atoms with E-state index < -0.39 is 17.7 Å². The van der Waals surface area contributed by atoms with Gasteiger partial charge >= 0.3 is 6.03 Å². The number of rotatable bonds is 10. The summed E-state index contributed by atoms with van der Waals surface area (Å²) in [5.41, 5.74) is 2.28. The summed E-state index contributed by atoms with van der Waals surface area (Å²) < 4.78 is 29.6. The van der Waals surface area contributed by atoms with Gasteiger partial charge in [0.2, 0.25) is 5.96 Å². The fraction of sp³-hybridized carbons (Fsp3) is 0.353. The maximum absolute atomic E-state index is 15.3. The Morgan fingerprint density at radius 1 is 1.20 bits per heavy atom. The fourth-order valence-electron chi connectivity index (χ4n) is 4.44. The van der Waals surface area contributed by atoms with Gasteiger partial charge in [0.1, 0.15) is 23.2 Å². The van der Waals surface area contributed by atoms with Crippen molar-refractivity contribution in [1.82, 2.24) is 15.1 Å². The third-order valence-corrected chi connectivity index (χ3v) is 7.39. The van der Waals surface area contributed by atoms with Gasteiger partial charge in [0.05, 0.1) is 30.2 Å². The number of carbonyl (C=O) groups excluding carboxylic acids is 1. The number of aliphatic hydroxyl groups is 1. The molecule has 2 N–H and O–H groups in total. The largest absolute Gasteiger partial charge is 0.506 e. The molecule has 1 atom stereocenters. The first-order valence-corrected chi connectivity index (χ1v) is 15.3. The van der Waals surface area contributed by atoms with Gasteiger partial charge in [-0.1, -0.05) is 50.3 Å². The van der Waals surface area contributed by atoms with Crippen molar-refractivity contribution in [3.63, 3.8) is 0 Å². The summed E-state index contributed by atoms with van der Waals surface area (Å²) in [5.74, 6) is -1.42. The van der Waals surface area contributed by atoms with E-state index in [1.165, 1.54) is 22.0 Å². The van der Waals surface area contributed by atoms with E-state index in [0.29, 0.717) is 17.8 Å². The number of hydrogen-bond acceptors (Lipinski definition) is 6. The van der Waals surface area contributed by atoms with Crippen LogP contribution in [0.25, 0.3) is 0 Å². The SMILES string of the molecule is C=C1N(CC(=C\CC)/N=C\C=C/C)C(=O)N=C(NC2=CC(=C/C)/C(=N\C(C)CC)C=C2O)N1CC1=C(F)/C=C(/F)CC/C(Cl)=C\1. The molecule has 0 spiro atoms. The molecule has 11 heteroatoms. The minimum atomic E-state index is -0.815. The van der Waals surface area contributed by atoms with Gasteiger partial charge in [-0.05, 0) is 63.8 Å². The number of allylic oxidation sites excluding steroid dienone is 11. The minimum absolute atomic E-state index is 0.0139. The molecule has 0 aromatic carbocycles. The van der Waals surface area contributed by atoms with E-state index in [1.807, 2.05) is 52.8 Å². The zero-order valence-electron chi connectivity index (χ0n) is 26.4. The molecule has 45 heavy (non-hydrogen) atoms. The molecule has 3 aliphatic rings. The maximum Gasteiger partial charge on any atom is 0.352 e. The van der Waals surface area contributed by atoms with Gasteiger partial charge in [0.15, 0.2) is 0 Å². The fourth-order valence-corrected chi connectivity index (χ4v) is 4.67. The van der Waals surface area contributed by atoms with Crippen LogP contribution in [0.4, 0.5) is 13.6 Å². The number of hydrogen-bond donors (Lipinski definition) is 2. The third kappa shape index (κ3) is 9.59. The predicted molar refractivity (Wildman–Crippen MR) is 180 cm³/mol. The van der Waals surface area contributed by atoms with E-state index in [9.17, 15) is 14.3 Å². The first-order valence-electron chi connectivity index (χ1n) is 15.0. The van der Waals surface area contributed by atoms with Crippen LogP contribution < -0.4 is 5.32 Å². The van der Waals surface area contributed by atoms with Crippen molar-refractivity contribution < 1.29 is 18.7 Å². The summed E-state index contributed by atoms with van der Waals surface area (Å²) in [6, 6.07) is -0.592. The van der Waals surface area contributed by atoms with E-state index in [1.54, 1.807) is 18.4 Å². The Hall–Kier alpha value is -4.31. The normalized spacial score (nSPS) is 25.2. The second kappa shape index (κ2) is 16.7. The van der Waals surface area contributed by atoms with Gasteiger partial charge in [0, 0.05) is 41.4 Å². The predicted octanol–water partition coefficient (Wildman–Crippen LogP) is 8.60.